The number of rotatable bonds is 4. The fourth-order valence-electron chi connectivity index (χ4n) is 1.66. The molecule has 0 radical (unpaired) electrons. The number of hydrogen-bond donors (Lipinski definition) is 1. The van der Waals surface area contributed by atoms with Crippen LogP contribution in [0.25, 0.3) is 0 Å². The molecule has 2 aromatic heterocycles. The summed E-state index contributed by atoms with van der Waals surface area (Å²) in [4.78, 5) is 31.9. The molecule has 1 unspecified atom stereocenters. The van der Waals surface area contributed by atoms with E-state index in [0.29, 0.717) is 5.82 Å². The number of halogens is 1. The molecular weight excluding hydrogens is 306 g/mol. The standard InChI is InChI=1S/C15H14ClN3O3/c1-9-5-3-7-12(18-9)19-14(20)10(2)22-15(21)11-6-4-8-17-13(11)16/h3-8,10H,1-2H3,(H,18,19,20). The molecule has 0 aliphatic rings. The maximum atomic E-state index is 12.0. The number of ether oxygens (including phenoxy) is 1. The fraction of sp³-hybridized carbons (Fsp3) is 0.200. The van der Waals surface area contributed by atoms with Gasteiger partial charge in [0, 0.05) is 11.9 Å². The van der Waals surface area contributed by atoms with Gasteiger partial charge in [-0.15, -0.1) is 0 Å². The summed E-state index contributed by atoms with van der Waals surface area (Å²) >= 11 is 5.81. The first kappa shape index (κ1) is 15.9. The lowest BCUT2D eigenvalue weighted by Crippen LogP contribution is -2.30. The van der Waals surface area contributed by atoms with Gasteiger partial charge in [0.25, 0.3) is 5.91 Å². The number of esters is 1. The van der Waals surface area contributed by atoms with Crippen molar-refractivity contribution in [2.45, 2.75) is 20.0 Å². The number of hydrogen-bond acceptors (Lipinski definition) is 5. The molecule has 0 fully saturated rings. The fourth-order valence-corrected chi connectivity index (χ4v) is 1.85. The molecule has 2 heterocycles. The highest BCUT2D eigenvalue weighted by Gasteiger charge is 2.21. The van der Waals surface area contributed by atoms with Crippen molar-refractivity contribution in [1.82, 2.24) is 9.97 Å². The van der Waals surface area contributed by atoms with E-state index in [0.717, 1.165) is 5.69 Å². The molecule has 0 saturated carbocycles. The molecule has 6 nitrogen and oxygen atoms in total. The number of carbonyl (C=O) groups excluding carboxylic acids is 2. The lowest BCUT2D eigenvalue weighted by Gasteiger charge is -2.13. The summed E-state index contributed by atoms with van der Waals surface area (Å²) < 4.78 is 5.08. The molecule has 1 amide bonds. The highest BCUT2D eigenvalue weighted by Crippen LogP contribution is 2.14. The third kappa shape index (κ3) is 4.02. The Balaban J connectivity index is 1.99. The monoisotopic (exact) mass is 319 g/mol. The van der Waals surface area contributed by atoms with Gasteiger partial charge in [-0.2, -0.15) is 0 Å². The minimum atomic E-state index is -0.994. The van der Waals surface area contributed by atoms with Crippen molar-refractivity contribution in [2.24, 2.45) is 0 Å². The van der Waals surface area contributed by atoms with Gasteiger partial charge in [0.15, 0.2) is 6.10 Å². The van der Waals surface area contributed by atoms with Crippen molar-refractivity contribution in [1.29, 1.82) is 0 Å². The molecule has 0 aromatic carbocycles. The number of aryl methyl sites for hydroxylation is 1. The van der Waals surface area contributed by atoms with Gasteiger partial charge in [-0.25, -0.2) is 14.8 Å². The van der Waals surface area contributed by atoms with E-state index in [1.54, 1.807) is 18.2 Å². The third-order valence-corrected chi connectivity index (χ3v) is 3.07. The Morgan fingerprint density at radius 2 is 2.05 bits per heavy atom. The summed E-state index contributed by atoms with van der Waals surface area (Å²) in [6.45, 7) is 3.27. The van der Waals surface area contributed by atoms with Crippen molar-refractivity contribution in [3.63, 3.8) is 0 Å². The molecule has 0 aliphatic heterocycles. The maximum Gasteiger partial charge on any atom is 0.342 e. The minimum absolute atomic E-state index is 0.0282. The minimum Gasteiger partial charge on any atom is -0.449 e. The van der Waals surface area contributed by atoms with Gasteiger partial charge in [0.2, 0.25) is 0 Å². The van der Waals surface area contributed by atoms with Crippen molar-refractivity contribution < 1.29 is 14.3 Å². The Bertz CT molecular complexity index is 706. The Hall–Kier alpha value is -2.47. The Morgan fingerprint density at radius 1 is 1.27 bits per heavy atom. The number of carbonyl (C=O) groups is 2. The number of amides is 1. The molecule has 2 rings (SSSR count). The zero-order chi connectivity index (χ0) is 16.1. The summed E-state index contributed by atoms with van der Waals surface area (Å²) in [7, 11) is 0. The number of nitrogens with one attached hydrogen (secondary N) is 1. The van der Waals surface area contributed by atoms with Crippen LogP contribution in [-0.2, 0) is 9.53 Å². The van der Waals surface area contributed by atoms with Crippen LogP contribution in [0.1, 0.15) is 23.0 Å². The van der Waals surface area contributed by atoms with Crippen LogP contribution in [0.3, 0.4) is 0 Å². The van der Waals surface area contributed by atoms with Gasteiger partial charge in [0.1, 0.15) is 11.0 Å². The van der Waals surface area contributed by atoms with Crippen molar-refractivity contribution >= 4 is 29.3 Å². The number of pyridine rings is 2. The molecule has 1 atom stereocenters. The topological polar surface area (TPSA) is 81.2 Å². The van der Waals surface area contributed by atoms with E-state index in [-0.39, 0.29) is 10.7 Å². The van der Waals surface area contributed by atoms with Crippen LogP contribution in [0.5, 0.6) is 0 Å². The Kier molecular flexibility index (Phi) is 5.06. The molecule has 7 heteroatoms. The van der Waals surface area contributed by atoms with E-state index in [1.165, 1.54) is 19.2 Å². The Labute approximate surface area is 132 Å². The molecule has 0 aliphatic carbocycles. The largest absolute Gasteiger partial charge is 0.449 e. The van der Waals surface area contributed by atoms with Crippen molar-refractivity contribution in [2.75, 3.05) is 5.32 Å². The number of nitrogens with zero attached hydrogens (tertiary/aromatic N) is 2. The second-order valence-corrected chi connectivity index (χ2v) is 4.90. The van der Waals surface area contributed by atoms with Crippen LogP contribution in [0.15, 0.2) is 36.5 Å². The zero-order valence-corrected chi connectivity index (χ0v) is 12.8. The Morgan fingerprint density at radius 3 is 2.73 bits per heavy atom. The maximum absolute atomic E-state index is 12.0. The molecule has 22 heavy (non-hydrogen) atoms. The van der Waals surface area contributed by atoms with E-state index in [2.05, 4.69) is 15.3 Å². The molecular formula is C15H14ClN3O3. The lowest BCUT2D eigenvalue weighted by atomic mass is 10.3. The predicted octanol–water partition coefficient (Wildman–Crippen LogP) is 2.62. The zero-order valence-electron chi connectivity index (χ0n) is 12.0. The van der Waals surface area contributed by atoms with Crippen LogP contribution < -0.4 is 5.32 Å². The smallest absolute Gasteiger partial charge is 0.342 e. The highest BCUT2D eigenvalue weighted by atomic mass is 35.5. The molecule has 0 spiro atoms. The number of anilines is 1. The normalized spacial score (nSPS) is 11.6. The van der Waals surface area contributed by atoms with E-state index < -0.39 is 18.0 Å². The average molecular weight is 320 g/mol. The molecule has 0 bridgehead atoms. The first-order chi connectivity index (χ1) is 10.5. The van der Waals surface area contributed by atoms with E-state index in [1.807, 2.05) is 13.0 Å². The summed E-state index contributed by atoms with van der Waals surface area (Å²) in [6, 6.07) is 8.26. The highest BCUT2D eigenvalue weighted by molar-refractivity contribution is 6.32. The average Bonchev–Trinajstić information content (AvgIpc) is 2.47. The molecule has 2 aromatic rings. The summed E-state index contributed by atoms with van der Waals surface area (Å²) in [6.07, 6.45) is 0.463. The summed E-state index contributed by atoms with van der Waals surface area (Å²) in [5.74, 6) is -0.795. The van der Waals surface area contributed by atoms with Gasteiger partial charge in [-0.3, -0.25) is 4.79 Å². The van der Waals surface area contributed by atoms with Crippen LogP contribution in [0.4, 0.5) is 5.82 Å². The second-order valence-electron chi connectivity index (χ2n) is 4.54. The van der Waals surface area contributed by atoms with Crippen LogP contribution >= 0.6 is 11.6 Å². The predicted molar refractivity (Wildman–Crippen MR) is 81.7 cm³/mol. The van der Waals surface area contributed by atoms with Gasteiger partial charge in [-0.1, -0.05) is 17.7 Å². The van der Waals surface area contributed by atoms with Crippen molar-refractivity contribution in [3.05, 3.63) is 52.9 Å². The van der Waals surface area contributed by atoms with E-state index in [9.17, 15) is 9.59 Å². The van der Waals surface area contributed by atoms with Crippen molar-refractivity contribution in [3.8, 4) is 0 Å². The van der Waals surface area contributed by atoms with Crippen LogP contribution in [0, 0.1) is 6.92 Å². The van der Waals surface area contributed by atoms with Gasteiger partial charge in [-0.05, 0) is 38.1 Å². The van der Waals surface area contributed by atoms with E-state index >= 15 is 0 Å². The van der Waals surface area contributed by atoms with E-state index in [4.69, 9.17) is 16.3 Å². The molecule has 0 saturated heterocycles. The SMILES string of the molecule is Cc1cccc(NC(=O)C(C)OC(=O)c2cccnc2Cl)n1. The first-order valence-electron chi connectivity index (χ1n) is 6.53. The van der Waals surface area contributed by atoms with Gasteiger partial charge >= 0.3 is 5.97 Å². The molecule has 114 valence electrons. The van der Waals surface area contributed by atoms with Crippen LogP contribution in [0.2, 0.25) is 5.15 Å². The van der Waals surface area contributed by atoms with Gasteiger partial charge in [0.05, 0.1) is 5.56 Å². The quantitative estimate of drug-likeness (QED) is 0.692. The second kappa shape index (κ2) is 7.00. The summed E-state index contributed by atoms with van der Waals surface area (Å²) in [5, 5.41) is 2.61. The number of aromatic nitrogens is 2. The molecule has 1 N–H and O–H groups in total. The third-order valence-electron chi connectivity index (χ3n) is 2.77. The van der Waals surface area contributed by atoms with Gasteiger partial charge < -0.3 is 10.1 Å². The van der Waals surface area contributed by atoms with Crippen LogP contribution in [-0.4, -0.2) is 27.9 Å². The lowest BCUT2D eigenvalue weighted by molar-refractivity contribution is -0.123. The first-order valence-corrected chi connectivity index (χ1v) is 6.91. The summed E-state index contributed by atoms with van der Waals surface area (Å²) in [5.41, 5.74) is 0.877.